The quantitative estimate of drug-likeness (QED) is 0.923. The fourth-order valence-corrected chi connectivity index (χ4v) is 3.14. The van der Waals surface area contributed by atoms with Crippen LogP contribution in [0.2, 0.25) is 0 Å². The molecular formula is C15H21BrN2O. The van der Waals surface area contributed by atoms with Crippen LogP contribution in [0.4, 0.5) is 5.69 Å². The number of nitrogens with zero attached hydrogens (tertiary/aromatic N) is 1. The van der Waals surface area contributed by atoms with Crippen molar-refractivity contribution in [1.29, 1.82) is 0 Å². The Kier molecular flexibility index (Phi) is 4.99. The Bertz CT molecular complexity index is 461. The van der Waals surface area contributed by atoms with Gasteiger partial charge in [-0.15, -0.1) is 0 Å². The van der Waals surface area contributed by atoms with Crippen LogP contribution in [0.5, 0.6) is 0 Å². The number of carbonyl (C=O) groups excluding carboxylic acids is 1. The number of carbonyl (C=O) groups is 1. The minimum atomic E-state index is 0.0682. The number of halogens is 1. The van der Waals surface area contributed by atoms with Crippen molar-refractivity contribution >= 4 is 27.5 Å². The van der Waals surface area contributed by atoms with Gasteiger partial charge in [0.2, 0.25) is 5.91 Å². The lowest BCUT2D eigenvalue weighted by Gasteiger charge is -2.30. The lowest BCUT2D eigenvalue weighted by atomic mass is 10.0. The number of rotatable bonds is 3. The smallest absolute Gasteiger partial charge is 0.238 e. The van der Waals surface area contributed by atoms with Gasteiger partial charge < -0.3 is 5.32 Å². The van der Waals surface area contributed by atoms with Crippen molar-refractivity contribution < 1.29 is 4.79 Å². The number of nitrogens with one attached hydrogen (secondary N) is 1. The van der Waals surface area contributed by atoms with E-state index >= 15 is 0 Å². The average molecular weight is 325 g/mol. The van der Waals surface area contributed by atoms with Gasteiger partial charge in [-0.1, -0.05) is 13.0 Å². The van der Waals surface area contributed by atoms with E-state index in [1.165, 1.54) is 18.4 Å². The molecule has 104 valence electrons. The van der Waals surface area contributed by atoms with Gasteiger partial charge in [0.25, 0.3) is 0 Å². The second kappa shape index (κ2) is 6.53. The van der Waals surface area contributed by atoms with Crippen molar-refractivity contribution in [2.45, 2.75) is 26.7 Å². The number of hydrogen-bond donors (Lipinski definition) is 1. The standard InChI is InChI=1S/C15H21BrN2O/c1-11-5-6-14(13(16)8-11)17-15(19)10-18-7-3-4-12(2)9-18/h5-6,8,12H,3-4,7,9-10H2,1-2H3,(H,17,19)/t12-/m0/s1. The van der Waals surface area contributed by atoms with Crippen LogP contribution in [-0.2, 0) is 4.79 Å². The van der Waals surface area contributed by atoms with E-state index in [4.69, 9.17) is 0 Å². The highest BCUT2D eigenvalue weighted by Crippen LogP contribution is 2.23. The van der Waals surface area contributed by atoms with Crippen LogP contribution in [-0.4, -0.2) is 30.4 Å². The SMILES string of the molecule is Cc1ccc(NC(=O)CN2CCC[C@H](C)C2)c(Br)c1. The summed E-state index contributed by atoms with van der Waals surface area (Å²) in [7, 11) is 0. The molecule has 1 aromatic carbocycles. The van der Waals surface area contributed by atoms with Crippen molar-refractivity contribution in [2.75, 3.05) is 25.0 Å². The molecule has 1 aliphatic rings. The van der Waals surface area contributed by atoms with Crippen molar-refractivity contribution in [1.82, 2.24) is 4.90 Å². The van der Waals surface area contributed by atoms with Crippen LogP contribution in [0.25, 0.3) is 0 Å². The molecule has 4 heteroatoms. The Morgan fingerprint density at radius 1 is 1.53 bits per heavy atom. The number of amides is 1. The van der Waals surface area contributed by atoms with Crippen LogP contribution in [0.3, 0.4) is 0 Å². The summed E-state index contributed by atoms with van der Waals surface area (Å²) in [5.74, 6) is 0.770. The van der Waals surface area contributed by atoms with Crippen molar-refractivity contribution in [3.8, 4) is 0 Å². The maximum absolute atomic E-state index is 12.1. The molecular weight excluding hydrogens is 304 g/mol. The molecule has 1 N–H and O–H groups in total. The van der Waals surface area contributed by atoms with Crippen molar-refractivity contribution in [2.24, 2.45) is 5.92 Å². The van der Waals surface area contributed by atoms with Gasteiger partial charge in [-0.05, 0) is 65.9 Å². The first-order chi connectivity index (χ1) is 9.04. The predicted molar refractivity (Wildman–Crippen MR) is 82.3 cm³/mol. The summed E-state index contributed by atoms with van der Waals surface area (Å²) in [6.07, 6.45) is 2.48. The summed E-state index contributed by atoms with van der Waals surface area (Å²) < 4.78 is 0.938. The van der Waals surface area contributed by atoms with Gasteiger partial charge in [0.1, 0.15) is 0 Å². The van der Waals surface area contributed by atoms with E-state index in [9.17, 15) is 4.79 Å². The van der Waals surface area contributed by atoms with E-state index in [-0.39, 0.29) is 5.91 Å². The first kappa shape index (κ1) is 14.5. The number of benzene rings is 1. The van der Waals surface area contributed by atoms with E-state index in [0.717, 1.165) is 23.2 Å². The summed E-state index contributed by atoms with van der Waals surface area (Å²) in [5.41, 5.74) is 2.02. The topological polar surface area (TPSA) is 32.3 Å². The lowest BCUT2D eigenvalue weighted by molar-refractivity contribution is -0.117. The fraction of sp³-hybridized carbons (Fsp3) is 0.533. The molecule has 1 aromatic rings. The van der Waals surface area contributed by atoms with Crippen LogP contribution >= 0.6 is 15.9 Å². The molecule has 3 nitrogen and oxygen atoms in total. The first-order valence-corrected chi connectivity index (χ1v) is 7.62. The zero-order valence-electron chi connectivity index (χ0n) is 11.6. The van der Waals surface area contributed by atoms with E-state index in [1.807, 2.05) is 25.1 Å². The highest BCUT2D eigenvalue weighted by atomic mass is 79.9. The highest BCUT2D eigenvalue weighted by molar-refractivity contribution is 9.10. The number of anilines is 1. The molecule has 1 atom stereocenters. The lowest BCUT2D eigenvalue weighted by Crippen LogP contribution is -2.39. The molecule has 0 radical (unpaired) electrons. The average Bonchev–Trinajstić information content (AvgIpc) is 2.33. The largest absolute Gasteiger partial charge is 0.324 e. The van der Waals surface area contributed by atoms with Gasteiger partial charge >= 0.3 is 0 Å². The third-order valence-corrected chi connectivity index (χ3v) is 4.16. The summed E-state index contributed by atoms with van der Waals surface area (Å²) in [4.78, 5) is 14.3. The number of aryl methyl sites for hydroxylation is 1. The van der Waals surface area contributed by atoms with Gasteiger partial charge in [0, 0.05) is 11.0 Å². The van der Waals surface area contributed by atoms with E-state index in [0.29, 0.717) is 12.5 Å². The molecule has 0 aliphatic carbocycles. The van der Waals surface area contributed by atoms with Crippen LogP contribution in [0, 0.1) is 12.8 Å². The Labute approximate surface area is 123 Å². The van der Waals surface area contributed by atoms with Crippen molar-refractivity contribution in [3.63, 3.8) is 0 Å². The minimum Gasteiger partial charge on any atom is -0.324 e. The fourth-order valence-electron chi connectivity index (χ4n) is 2.54. The molecule has 0 aromatic heterocycles. The third kappa shape index (κ3) is 4.32. The van der Waals surface area contributed by atoms with E-state index < -0.39 is 0 Å². The molecule has 1 saturated heterocycles. The Balaban J connectivity index is 1.90. The summed E-state index contributed by atoms with van der Waals surface area (Å²) in [6, 6.07) is 5.96. The third-order valence-electron chi connectivity index (χ3n) is 3.51. The summed E-state index contributed by atoms with van der Waals surface area (Å²) in [5, 5.41) is 2.97. The van der Waals surface area contributed by atoms with Gasteiger partial charge in [-0.2, -0.15) is 0 Å². The summed E-state index contributed by atoms with van der Waals surface area (Å²) >= 11 is 3.48. The van der Waals surface area contributed by atoms with Crippen molar-refractivity contribution in [3.05, 3.63) is 28.2 Å². The van der Waals surface area contributed by atoms with Crippen LogP contribution in [0.15, 0.2) is 22.7 Å². The molecule has 2 rings (SSSR count). The zero-order valence-corrected chi connectivity index (χ0v) is 13.2. The van der Waals surface area contributed by atoms with Gasteiger partial charge in [-0.25, -0.2) is 0 Å². The minimum absolute atomic E-state index is 0.0682. The maximum Gasteiger partial charge on any atom is 0.238 e. The van der Waals surface area contributed by atoms with E-state index in [2.05, 4.69) is 33.1 Å². The second-order valence-electron chi connectivity index (χ2n) is 5.51. The van der Waals surface area contributed by atoms with Gasteiger partial charge in [-0.3, -0.25) is 9.69 Å². The molecule has 1 heterocycles. The molecule has 19 heavy (non-hydrogen) atoms. The molecule has 0 spiro atoms. The monoisotopic (exact) mass is 324 g/mol. The Morgan fingerprint density at radius 2 is 2.32 bits per heavy atom. The number of hydrogen-bond acceptors (Lipinski definition) is 2. The Morgan fingerprint density at radius 3 is 3.00 bits per heavy atom. The van der Waals surface area contributed by atoms with Gasteiger partial charge in [0.05, 0.1) is 12.2 Å². The normalized spacial score (nSPS) is 20.3. The molecule has 0 saturated carbocycles. The van der Waals surface area contributed by atoms with Gasteiger partial charge in [0.15, 0.2) is 0 Å². The Hall–Kier alpha value is -0.870. The first-order valence-electron chi connectivity index (χ1n) is 6.83. The number of likely N-dealkylation sites (tertiary alicyclic amines) is 1. The molecule has 0 unspecified atom stereocenters. The molecule has 0 bridgehead atoms. The van der Waals surface area contributed by atoms with Crippen LogP contribution in [0.1, 0.15) is 25.3 Å². The highest BCUT2D eigenvalue weighted by Gasteiger charge is 2.18. The predicted octanol–water partition coefficient (Wildman–Crippen LogP) is 3.43. The van der Waals surface area contributed by atoms with Crippen LogP contribution < -0.4 is 5.32 Å². The maximum atomic E-state index is 12.1. The molecule has 1 aliphatic heterocycles. The second-order valence-corrected chi connectivity index (χ2v) is 6.37. The number of piperidine rings is 1. The molecule has 1 amide bonds. The molecule has 1 fully saturated rings. The van der Waals surface area contributed by atoms with E-state index in [1.54, 1.807) is 0 Å². The zero-order chi connectivity index (χ0) is 13.8. The summed E-state index contributed by atoms with van der Waals surface area (Å²) in [6.45, 7) is 6.84.